The summed E-state index contributed by atoms with van der Waals surface area (Å²) in [6, 6.07) is 24.8. The highest BCUT2D eigenvalue weighted by atomic mass is 16.5. The van der Waals surface area contributed by atoms with Crippen LogP contribution in [-0.4, -0.2) is 4.98 Å². The molecular weight excluding hydrogens is 372 g/mol. The van der Waals surface area contributed by atoms with Crippen molar-refractivity contribution >= 4 is 22.4 Å². The van der Waals surface area contributed by atoms with Gasteiger partial charge in [-0.1, -0.05) is 12.1 Å². The van der Waals surface area contributed by atoms with Gasteiger partial charge in [-0.2, -0.15) is 10.5 Å². The molecular formula is C25H18N4O. The van der Waals surface area contributed by atoms with Crippen molar-refractivity contribution in [1.29, 1.82) is 10.5 Å². The van der Waals surface area contributed by atoms with Crippen molar-refractivity contribution in [2.24, 2.45) is 0 Å². The van der Waals surface area contributed by atoms with Crippen LogP contribution in [-0.2, 0) is 0 Å². The van der Waals surface area contributed by atoms with E-state index in [1.165, 1.54) is 0 Å². The summed E-state index contributed by atoms with van der Waals surface area (Å²) >= 11 is 0. The van der Waals surface area contributed by atoms with Crippen LogP contribution >= 0.6 is 0 Å². The van der Waals surface area contributed by atoms with Crippen LogP contribution in [0.15, 0.2) is 66.7 Å². The minimum atomic E-state index is 0.600. The Hall–Kier alpha value is -4.35. The van der Waals surface area contributed by atoms with Crippen molar-refractivity contribution in [1.82, 2.24) is 4.98 Å². The summed E-state index contributed by atoms with van der Waals surface area (Å²) in [5, 5.41) is 22.3. The lowest BCUT2D eigenvalue weighted by Gasteiger charge is -2.15. The zero-order chi connectivity index (χ0) is 21.1. The van der Waals surface area contributed by atoms with E-state index in [1.54, 1.807) is 12.1 Å². The van der Waals surface area contributed by atoms with Crippen molar-refractivity contribution in [3.8, 4) is 23.6 Å². The number of nitriles is 2. The number of fused-ring (bicyclic) bond motifs is 1. The Morgan fingerprint density at radius 2 is 1.50 bits per heavy atom. The molecule has 1 N–H and O–H groups in total. The van der Waals surface area contributed by atoms with Crippen LogP contribution in [0.25, 0.3) is 10.9 Å². The van der Waals surface area contributed by atoms with Gasteiger partial charge in [-0.15, -0.1) is 0 Å². The summed E-state index contributed by atoms with van der Waals surface area (Å²) in [5.41, 5.74) is 4.63. The van der Waals surface area contributed by atoms with E-state index in [2.05, 4.69) is 22.4 Å². The van der Waals surface area contributed by atoms with Crippen LogP contribution < -0.4 is 10.1 Å². The Balaban J connectivity index is 1.76. The van der Waals surface area contributed by atoms with Crippen LogP contribution in [0, 0.1) is 36.5 Å². The quantitative estimate of drug-likeness (QED) is 0.453. The van der Waals surface area contributed by atoms with Crippen molar-refractivity contribution in [2.45, 2.75) is 13.8 Å². The monoisotopic (exact) mass is 390 g/mol. The fourth-order valence-corrected chi connectivity index (χ4v) is 3.35. The van der Waals surface area contributed by atoms with Crippen LogP contribution in [0.5, 0.6) is 11.5 Å². The van der Waals surface area contributed by atoms with Gasteiger partial charge in [-0.05, 0) is 73.5 Å². The van der Waals surface area contributed by atoms with Gasteiger partial charge < -0.3 is 10.1 Å². The number of benzene rings is 3. The summed E-state index contributed by atoms with van der Waals surface area (Å²) < 4.78 is 6.34. The lowest BCUT2D eigenvalue weighted by molar-refractivity contribution is 0.480. The highest BCUT2D eigenvalue weighted by Gasteiger charge is 2.12. The highest BCUT2D eigenvalue weighted by Crippen LogP contribution is 2.35. The molecule has 0 bridgehead atoms. The van der Waals surface area contributed by atoms with E-state index in [4.69, 9.17) is 10.00 Å². The number of para-hydroxylation sites is 1. The maximum absolute atomic E-state index is 9.19. The van der Waals surface area contributed by atoms with Crippen LogP contribution in [0.4, 0.5) is 11.5 Å². The molecule has 0 saturated carbocycles. The fraction of sp³-hybridized carbons (Fsp3) is 0.0800. The largest absolute Gasteiger partial charge is 0.456 e. The van der Waals surface area contributed by atoms with E-state index < -0.39 is 0 Å². The van der Waals surface area contributed by atoms with Crippen molar-refractivity contribution in [3.63, 3.8) is 0 Å². The summed E-state index contributed by atoms with van der Waals surface area (Å²) in [5.74, 6) is 2.04. The van der Waals surface area contributed by atoms with Gasteiger partial charge in [0.2, 0.25) is 0 Å². The first-order valence-electron chi connectivity index (χ1n) is 9.43. The second-order valence-corrected chi connectivity index (χ2v) is 6.99. The molecule has 4 rings (SSSR count). The maximum Gasteiger partial charge on any atom is 0.140 e. The Kier molecular flexibility index (Phi) is 5.03. The van der Waals surface area contributed by atoms with Crippen LogP contribution in [0.3, 0.4) is 0 Å². The van der Waals surface area contributed by atoms with Crippen molar-refractivity contribution in [3.05, 3.63) is 89.0 Å². The Morgan fingerprint density at radius 1 is 0.833 bits per heavy atom. The summed E-state index contributed by atoms with van der Waals surface area (Å²) in [7, 11) is 0. The minimum absolute atomic E-state index is 0.600. The third kappa shape index (κ3) is 3.78. The molecule has 0 aliphatic rings. The van der Waals surface area contributed by atoms with Gasteiger partial charge in [0.1, 0.15) is 17.3 Å². The van der Waals surface area contributed by atoms with E-state index in [9.17, 15) is 5.26 Å². The molecule has 0 saturated heterocycles. The van der Waals surface area contributed by atoms with E-state index in [1.807, 2.05) is 68.4 Å². The first kappa shape index (κ1) is 19.0. The van der Waals surface area contributed by atoms with E-state index >= 15 is 0 Å². The van der Waals surface area contributed by atoms with Crippen molar-refractivity contribution < 1.29 is 4.74 Å². The second kappa shape index (κ2) is 7.95. The number of ether oxygens (including phenoxy) is 1. The molecule has 0 atom stereocenters. The molecule has 4 aromatic rings. The number of anilines is 2. The molecule has 0 fully saturated rings. The molecule has 30 heavy (non-hydrogen) atoms. The third-order valence-corrected chi connectivity index (χ3v) is 4.77. The Bertz CT molecular complexity index is 1310. The molecule has 0 spiro atoms. The topological polar surface area (TPSA) is 81.7 Å². The zero-order valence-electron chi connectivity index (χ0n) is 16.6. The van der Waals surface area contributed by atoms with Gasteiger partial charge in [0.05, 0.1) is 28.8 Å². The van der Waals surface area contributed by atoms with Gasteiger partial charge in [-0.3, -0.25) is 0 Å². The standard InChI is InChI=1S/C25H18N4O/c1-16-11-19(15-27)12-17(2)25(16)30-23-13-24(29-22-6-4-3-5-21(22)23)28-20-9-7-18(14-26)8-10-20/h3-13H,1-2H3,(H,28,29). The maximum atomic E-state index is 9.19. The van der Waals surface area contributed by atoms with Gasteiger partial charge in [0, 0.05) is 17.1 Å². The molecule has 1 aromatic heterocycles. The third-order valence-electron chi connectivity index (χ3n) is 4.77. The van der Waals surface area contributed by atoms with Gasteiger partial charge in [0.15, 0.2) is 0 Å². The summed E-state index contributed by atoms with van der Waals surface area (Å²) in [4.78, 5) is 4.69. The lowest BCUT2D eigenvalue weighted by Crippen LogP contribution is -1.98. The lowest BCUT2D eigenvalue weighted by atomic mass is 10.1. The predicted molar refractivity (Wildman–Crippen MR) is 117 cm³/mol. The van der Waals surface area contributed by atoms with Gasteiger partial charge in [0.25, 0.3) is 0 Å². The number of aromatic nitrogens is 1. The number of hydrogen-bond donors (Lipinski definition) is 1. The molecule has 0 radical (unpaired) electrons. The first-order valence-corrected chi connectivity index (χ1v) is 9.43. The molecule has 1 heterocycles. The molecule has 5 heteroatoms. The zero-order valence-corrected chi connectivity index (χ0v) is 16.6. The van der Waals surface area contributed by atoms with E-state index in [0.717, 1.165) is 33.5 Å². The van der Waals surface area contributed by atoms with Crippen LogP contribution in [0.1, 0.15) is 22.3 Å². The number of aryl methyl sites for hydroxylation is 2. The number of hydrogen-bond acceptors (Lipinski definition) is 5. The molecule has 5 nitrogen and oxygen atoms in total. The first-order chi connectivity index (χ1) is 14.6. The second-order valence-electron chi connectivity index (χ2n) is 6.99. The Morgan fingerprint density at radius 3 is 2.17 bits per heavy atom. The molecule has 3 aromatic carbocycles. The van der Waals surface area contributed by atoms with E-state index in [-0.39, 0.29) is 0 Å². The fourth-order valence-electron chi connectivity index (χ4n) is 3.35. The molecule has 0 unspecified atom stereocenters. The average molecular weight is 390 g/mol. The predicted octanol–water partition coefficient (Wildman–Crippen LogP) is 6.13. The summed E-state index contributed by atoms with van der Waals surface area (Å²) in [6.45, 7) is 3.87. The number of pyridine rings is 1. The molecule has 0 aliphatic carbocycles. The smallest absolute Gasteiger partial charge is 0.140 e. The molecule has 144 valence electrons. The minimum Gasteiger partial charge on any atom is -0.456 e. The van der Waals surface area contributed by atoms with Crippen molar-refractivity contribution in [2.75, 3.05) is 5.32 Å². The highest BCUT2D eigenvalue weighted by molar-refractivity contribution is 5.87. The molecule has 0 aliphatic heterocycles. The molecule has 0 amide bonds. The Labute approximate surface area is 174 Å². The van der Waals surface area contributed by atoms with E-state index in [0.29, 0.717) is 22.7 Å². The van der Waals surface area contributed by atoms with Gasteiger partial charge in [-0.25, -0.2) is 4.98 Å². The number of nitrogens with one attached hydrogen (secondary N) is 1. The average Bonchev–Trinajstić information content (AvgIpc) is 2.76. The van der Waals surface area contributed by atoms with Gasteiger partial charge >= 0.3 is 0 Å². The normalized spacial score (nSPS) is 10.3. The summed E-state index contributed by atoms with van der Waals surface area (Å²) in [6.07, 6.45) is 0. The van der Waals surface area contributed by atoms with Crippen LogP contribution in [0.2, 0.25) is 0 Å². The number of nitrogens with zero attached hydrogens (tertiary/aromatic N) is 3. The SMILES string of the molecule is Cc1cc(C#N)cc(C)c1Oc1cc(Nc2ccc(C#N)cc2)nc2ccccc12. The number of rotatable bonds is 4.